The van der Waals surface area contributed by atoms with Gasteiger partial charge in [0.15, 0.2) is 11.2 Å². The Morgan fingerprint density at radius 1 is 1.24 bits per heavy atom. The predicted molar refractivity (Wildman–Crippen MR) is 169 cm³/mol. The normalized spacial score (nSPS) is 16.1. The molecule has 0 amide bonds. The van der Waals surface area contributed by atoms with Crippen molar-refractivity contribution in [3.63, 3.8) is 0 Å². The van der Waals surface area contributed by atoms with E-state index in [0.717, 1.165) is 48.6 Å². The third-order valence-electron chi connectivity index (χ3n) is 6.53. The van der Waals surface area contributed by atoms with Crippen LogP contribution in [0.3, 0.4) is 0 Å². The molecule has 226 valence electrons. The largest absolute Gasteiger partial charge is 0.469 e. The highest BCUT2D eigenvalue weighted by atomic mass is 32.2. The van der Waals surface area contributed by atoms with Crippen LogP contribution in [0.5, 0.6) is 5.88 Å². The number of hydrogen-bond acceptors (Lipinski definition) is 12. The van der Waals surface area contributed by atoms with Crippen LogP contribution in [0.15, 0.2) is 53.7 Å². The fraction of sp³-hybridized carbons (Fsp3) is 0.433. The van der Waals surface area contributed by atoms with Crippen molar-refractivity contribution in [1.82, 2.24) is 9.29 Å². The molecule has 1 atom stereocenters. The molecule has 1 fully saturated rings. The topological polar surface area (TPSA) is 119 Å². The Bertz CT molecular complexity index is 1330. The first-order valence-electron chi connectivity index (χ1n) is 13.6. The van der Waals surface area contributed by atoms with E-state index in [4.69, 9.17) is 9.47 Å². The summed E-state index contributed by atoms with van der Waals surface area (Å²) in [6, 6.07) is 15.6. The zero-order valence-corrected chi connectivity index (χ0v) is 26.3. The minimum atomic E-state index is -0.552. The SMILES string of the molecule is CCOC.COC(=O)c1sc(-c2cccc(NC3CCN(SCc4cccc(N=O)c4)C(C)(C)C3)c2)nc1OCC=O. The van der Waals surface area contributed by atoms with Crippen molar-refractivity contribution in [2.24, 2.45) is 5.18 Å². The van der Waals surface area contributed by atoms with Gasteiger partial charge in [-0.1, -0.05) is 36.2 Å². The third kappa shape index (κ3) is 9.35. The third-order valence-corrected chi connectivity index (χ3v) is 9.05. The summed E-state index contributed by atoms with van der Waals surface area (Å²) < 4.78 is 17.2. The van der Waals surface area contributed by atoms with Crippen molar-refractivity contribution in [2.45, 2.75) is 50.9 Å². The number of piperidine rings is 1. The van der Waals surface area contributed by atoms with Crippen molar-refractivity contribution in [3.8, 4) is 16.5 Å². The van der Waals surface area contributed by atoms with Gasteiger partial charge >= 0.3 is 5.97 Å². The van der Waals surface area contributed by atoms with Crippen LogP contribution in [-0.2, 0) is 20.0 Å². The minimum Gasteiger partial charge on any atom is -0.469 e. The standard InChI is InChI=1S/C27H30N4O5S2.C3H8O/c1-27(2)16-22(10-11-31(27)37-17-18-6-4-9-21(14-18)30-34)28-20-8-5-7-19(15-20)25-29-24(36-13-12-32)23(38-25)26(33)35-3;1-3-4-2/h4-9,12,14-15,22,28H,10-11,13,16-17H2,1-3H3;3H2,1-2H3. The zero-order valence-electron chi connectivity index (χ0n) is 24.6. The summed E-state index contributed by atoms with van der Waals surface area (Å²) in [5, 5.41) is 7.31. The Balaban J connectivity index is 0.00000114. The Morgan fingerprint density at radius 2 is 2.00 bits per heavy atom. The molecule has 2 heterocycles. The van der Waals surface area contributed by atoms with Crippen LogP contribution in [0, 0.1) is 4.91 Å². The van der Waals surface area contributed by atoms with Crippen LogP contribution in [0.4, 0.5) is 11.4 Å². The first kappa shape index (κ1) is 33.2. The highest BCUT2D eigenvalue weighted by Crippen LogP contribution is 2.37. The molecule has 0 radical (unpaired) electrons. The summed E-state index contributed by atoms with van der Waals surface area (Å²) in [7, 11) is 2.98. The van der Waals surface area contributed by atoms with Gasteiger partial charge in [0, 0.05) is 48.8 Å². The maximum atomic E-state index is 12.2. The first-order valence-corrected chi connectivity index (χ1v) is 15.3. The summed E-state index contributed by atoms with van der Waals surface area (Å²) in [6.45, 7) is 8.01. The maximum Gasteiger partial charge on any atom is 0.353 e. The molecule has 0 spiro atoms. The van der Waals surface area contributed by atoms with E-state index in [1.807, 2.05) is 49.4 Å². The summed E-state index contributed by atoms with van der Waals surface area (Å²) in [4.78, 5) is 38.4. The fourth-order valence-electron chi connectivity index (χ4n) is 4.44. The molecule has 10 nitrogen and oxygen atoms in total. The molecule has 1 unspecified atom stereocenters. The van der Waals surface area contributed by atoms with Crippen molar-refractivity contribution in [2.75, 3.05) is 39.3 Å². The number of carbonyl (C=O) groups is 2. The molecule has 0 saturated carbocycles. The lowest BCUT2D eigenvalue weighted by atomic mass is 9.89. The molecule has 1 aliphatic heterocycles. The van der Waals surface area contributed by atoms with Gasteiger partial charge in [-0.2, -0.15) is 0 Å². The molecule has 1 aliphatic rings. The van der Waals surface area contributed by atoms with Crippen LogP contribution in [0.2, 0.25) is 0 Å². The molecular formula is C30H38N4O6S2. The molecule has 1 N–H and O–H groups in total. The number of nitroso groups, excluding NO2 is 1. The quantitative estimate of drug-likeness (QED) is 0.102. The number of methoxy groups -OCH3 is 2. The monoisotopic (exact) mass is 614 g/mol. The molecule has 2 aromatic carbocycles. The summed E-state index contributed by atoms with van der Waals surface area (Å²) in [5.74, 6) is 0.333. The molecule has 3 aromatic rings. The number of ether oxygens (including phenoxy) is 3. The number of rotatable bonds is 12. The smallest absolute Gasteiger partial charge is 0.353 e. The maximum absolute atomic E-state index is 12.2. The number of carbonyl (C=O) groups excluding carboxylic acids is 2. The van der Waals surface area contributed by atoms with Crippen molar-refractivity contribution in [3.05, 3.63) is 63.9 Å². The van der Waals surface area contributed by atoms with Gasteiger partial charge in [-0.05, 0) is 68.6 Å². The summed E-state index contributed by atoms with van der Waals surface area (Å²) >= 11 is 2.95. The van der Waals surface area contributed by atoms with E-state index < -0.39 is 5.97 Å². The number of aromatic nitrogens is 1. The van der Waals surface area contributed by atoms with Gasteiger partial charge in [0.1, 0.15) is 17.3 Å². The van der Waals surface area contributed by atoms with Gasteiger partial charge in [0.05, 0.1) is 7.11 Å². The second kappa shape index (κ2) is 16.4. The number of aldehydes is 1. The summed E-state index contributed by atoms with van der Waals surface area (Å²) in [5.41, 5.74) is 3.31. The van der Waals surface area contributed by atoms with E-state index in [0.29, 0.717) is 17.0 Å². The molecule has 12 heteroatoms. The zero-order chi connectivity index (χ0) is 30.5. The van der Waals surface area contributed by atoms with Crippen LogP contribution >= 0.6 is 23.3 Å². The fourth-order valence-corrected chi connectivity index (χ4v) is 6.51. The Morgan fingerprint density at radius 3 is 2.67 bits per heavy atom. The predicted octanol–water partition coefficient (Wildman–Crippen LogP) is 6.73. The van der Waals surface area contributed by atoms with Crippen molar-refractivity contribution >= 4 is 46.9 Å². The molecule has 42 heavy (non-hydrogen) atoms. The lowest BCUT2D eigenvalue weighted by Crippen LogP contribution is -2.49. The molecule has 0 aliphatic carbocycles. The van der Waals surface area contributed by atoms with Gasteiger partial charge in [0.2, 0.25) is 5.88 Å². The Kier molecular flexibility index (Phi) is 12.9. The average molecular weight is 615 g/mol. The highest BCUT2D eigenvalue weighted by Gasteiger charge is 2.35. The van der Waals surface area contributed by atoms with E-state index in [1.165, 1.54) is 18.4 Å². The van der Waals surface area contributed by atoms with E-state index >= 15 is 0 Å². The van der Waals surface area contributed by atoms with Gasteiger partial charge in [-0.15, -0.1) is 16.2 Å². The first-order chi connectivity index (χ1) is 20.2. The second-order valence-electron chi connectivity index (χ2n) is 10.1. The number of nitrogens with zero attached hydrogens (tertiary/aromatic N) is 3. The number of esters is 1. The lowest BCUT2D eigenvalue weighted by molar-refractivity contribution is -0.109. The van der Waals surface area contributed by atoms with E-state index in [-0.39, 0.29) is 28.9 Å². The van der Waals surface area contributed by atoms with Gasteiger partial charge in [-0.25, -0.2) is 14.1 Å². The van der Waals surface area contributed by atoms with Gasteiger partial charge in [-0.3, -0.25) is 4.79 Å². The van der Waals surface area contributed by atoms with Crippen LogP contribution in [0.25, 0.3) is 10.6 Å². The van der Waals surface area contributed by atoms with E-state index in [2.05, 4.69) is 38.4 Å². The van der Waals surface area contributed by atoms with Crippen molar-refractivity contribution < 1.29 is 23.8 Å². The Labute approximate surface area is 255 Å². The van der Waals surface area contributed by atoms with E-state index in [1.54, 1.807) is 25.1 Å². The molecule has 4 rings (SSSR count). The molecular weight excluding hydrogens is 576 g/mol. The number of hydrogen-bond donors (Lipinski definition) is 1. The Hall–Kier alpha value is -3.32. The van der Waals surface area contributed by atoms with Crippen LogP contribution in [0.1, 0.15) is 48.8 Å². The number of anilines is 1. The number of thiazole rings is 1. The van der Waals surface area contributed by atoms with Crippen molar-refractivity contribution in [1.29, 1.82) is 0 Å². The number of benzene rings is 2. The molecule has 1 aromatic heterocycles. The summed E-state index contributed by atoms with van der Waals surface area (Å²) in [6.07, 6.45) is 2.54. The van der Waals surface area contributed by atoms with Crippen LogP contribution in [-0.4, -0.2) is 67.1 Å². The van der Waals surface area contributed by atoms with Crippen LogP contribution < -0.4 is 10.1 Å². The minimum absolute atomic E-state index is 0.0335. The molecule has 0 bridgehead atoms. The average Bonchev–Trinajstić information content (AvgIpc) is 3.43. The molecule has 1 saturated heterocycles. The second-order valence-corrected chi connectivity index (χ2v) is 12.1. The van der Waals surface area contributed by atoms with Gasteiger partial charge in [0.25, 0.3) is 0 Å². The highest BCUT2D eigenvalue weighted by molar-refractivity contribution is 7.96. The van der Waals surface area contributed by atoms with Gasteiger partial charge < -0.3 is 19.5 Å². The number of nitrogens with one attached hydrogen (secondary N) is 1. The lowest BCUT2D eigenvalue weighted by Gasteiger charge is -2.45. The van der Waals surface area contributed by atoms with E-state index in [9.17, 15) is 14.5 Å².